The number of aromatic nitrogens is 3. The van der Waals surface area contributed by atoms with Crippen molar-refractivity contribution in [3.05, 3.63) is 67.7 Å². The van der Waals surface area contributed by atoms with Crippen molar-refractivity contribution in [1.29, 1.82) is 0 Å². The van der Waals surface area contributed by atoms with E-state index in [-0.39, 0.29) is 38.2 Å². The maximum Gasteiger partial charge on any atom is 0.277 e. The summed E-state index contributed by atoms with van der Waals surface area (Å²) < 4.78 is 15.7. The number of nitrogens with zero attached hydrogens (tertiary/aromatic N) is 4. The van der Waals surface area contributed by atoms with Crippen molar-refractivity contribution >= 4 is 66.9 Å². The van der Waals surface area contributed by atoms with Gasteiger partial charge in [0.05, 0.1) is 16.3 Å². The van der Waals surface area contributed by atoms with Gasteiger partial charge < -0.3 is 10.2 Å². The summed E-state index contributed by atoms with van der Waals surface area (Å²) in [5.41, 5.74) is 1.84. The van der Waals surface area contributed by atoms with Crippen molar-refractivity contribution in [2.75, 3.05) is 25.5 Å². The van der Waals surface area contributed by atoms with Crippen molar-refractivity contribution < 1.29 is 23.6 Å². The molecule has 0 bridgehead atoms. The van der Waals surface area contributed by atoms with E-state index in [1.165, 1.54) is 21.8 Å². The van der Waals surface area contributed by atoms with Crippen LogP contribution in [0, 0.1) is 5.82 Å². The van der Waals surface area contributed by atoms with E-state index in [0.717, 1.165) is 12.1 Å². The van der Waals surface area contributed by atoms with Crippen LogP contribution >= 0.6 is 43.5 Å². The molecule has 14 heteroatoms. The molecule has 2 heterocycles. The molecule has 0 aliphatic carbocycles. The van der Waals surface area contributed by atoms with Crippen molar-refractivity contribution in [1.82, 2.24) is 25.1 Å². The van der Waals surface area contributed by atoms with Gasteiger partial charge in [0.15, 0.2) is 12.4 Å². The van der Waals surface area contributed by atoms with Gasteiger partial charge in [-0.2, -0.15) is 5.10 Å². The lowest BCUT2D eigenvalue weighted by Gasteiger charge is -2.16. The maximum absolute atomic E-state index is 14.1. The van der Waals surface area contributed by atoms with Crippen LogP contribution in [0.1, 0.15) is 27.8 Å². The van der Waals surface area contributed by atoms with Gasteiger partial charge in [-0.25, -0.2) is 19.5 Å². The Morgan fingerprint density at radius 1 is 1.23 bits per heavy atom. The van der Waals surface area contributed by atoms with E-state index in [1.54, 1.807) is 26.1 Å². The second-order valence-corrected chi connectivity index (χ2v) is 9.04. The summed E-state index contributed by atoms with van der Waals surface area (Å²) in [4.78, 5) is 48.2. The van der Waals surface area contributed by atoms with Crippen LogP contribution in [0.15, 0.2) is 45.6 Å². The van der Waals surface area contributed by atoms with Crippen LogP contribution in [0.2, 0.25) is 5.02 Å². The van der Waals surface area contributed by atoms with Crippen LogP contribution in [-0.4, -0.2) is 57.6 Å². The maximum atomic E-state index is 14.1. The summed E-state index contributed by atoms with van der Waals surface area (Å²) in [6, 6.07) is 6.64. The molecule has 3 rings (SSSR count). The fraction of sp³-hybridized carbons (Fsp3) is 0.190. The lowest BCUT2D eigenvalue weighted by atomic mass is 10.1. The van der Waals surface area contributed by atoms with Gasteiger partial charge in [0.25, 0.3) is 17.7 Å². The van der Waals surface area contributed by atoms with Gasteiger partial charge in [0.1, 0.15) is 16.1 Å². The molecule has 0 aliphatic rings. The molecule has 3 amide bonds. The summed E-state index contributed by atoms with van der Waals surface area (Å²) in [5.74, 6) is -2.47. The Balaban J connectivity index is 1.87. The number of carbonyl (C=O) groups is 3. The fourth-order valence-corrected chi connectivity index (χ4v) is 3.88. The lowest BCUT2D eigenvalue weighted by molar-refractivity contribution is -0.136. The topological polar surface area (TPSA) is 118 Å². The Labute approximate surface area is 221 Å². The highest BCUT2D eigenvalue weighted by Gasteiger charge is 2.23. The molecule has 3 aromatic rings. The van der Waals surface area contributed by atoms with Crippen molar-refractivity contribution in [2.24, 2.45) is 0 Å². The lowest BCUT2D eigenvalue weighted by Crippen LogP contribution is -2.34. The molecule has 0 spiro atoms. The predicted molar refractivity (Wildman–Crippen MR) is 133 cm³/mol. The molecule has 2 aromatic heterocycles. The average Bonchev–Trinajstić information content (AvgIpc) is 3.21. The third-order valence-corrected chi connectivity index (χ3v) is 5.96. The van der Waals surface area contributed by atoms with Gasteiger partial charge >= 0.3 is 0 Å². The van der Waals surface area contributed by atoms with E-state index in [9.17, 15) is 18.8 Å². The summed E-state index contributed by atoms with van der Waals surface area (Å²) in [6.07, 6.45) is 1.49. The number of pyridine rings is 1. The van der Waals surface area contributed by atoms with Crippen LogP contribution in [0.3, 0.4) is 0 Å². The van der Waals surface area contributed by atoms with E-state index in [4.69, 9.17) is 16.4 Å². The third-order valence-electron chi connectivity index (χ3n) is 4.65. The number of halogens is 4. The van der Waals surface area contributed by atoms with Gasteiger partial charge in [-0.3, -0.25) is 19.2 Å². The standard InChI is InChI=1S/C21H18Br2ClFN6O4/c1-3-30(2)17(32)10-35-29-20(33)12-7-11(25)8-13(22)18(12)27-21(34)15-9-16(23)28-31(15)19-14(24)5-4-6-26-19/h4-9H,3,10H2,1-2H3,(H,27,34)(H,29,33). The molecular formula is C21H18Br2ClFN6O4. The molecule has 0 saturated heterocycles. The van der Waals surface area contributed by atoms with E-state index in [0.29, 0.717) is 11.1 Å². The predicted octanol–water partition coefficient (Wildman–Crippen LogP) is 3.98. The van der Waals surface area contributed by atoms with Crippen LogP contribution in [0.25, 0.3) is 5.82 Å². The van der Waals surface area contributed by atoms with Gasteiger partial charge in [0, 0.05) is 30.3 Å². The first-order valence-electron chi connectivity index (χ1n) is 9.95. The summed E-state index contributed by atoms with van der Waals surface area (Å²) >= 11 is 12.6. The van der Waals surface area contributed by atoms with E-state index in [1.807, 2.05) is 0 Å². The van der Waals surface area contributed by atoms with Crippen LogP contribution < -0.4 is 10.8 Å². The Morgan fingerprint density at radius 3 is 2.66 bits per heavy atom. The Kier molecular flexibility index (Phi) is 8.94. The smallest absolute Gasteiger partial charge is 0.277 e. The molecular weight excluding hydrogens is 615 g/mol. The molecule has 10 nitrogen and oxygen atoms in total. The highest BCUT2D eigenvalue weighted by molar-refractivity contribution is 9.10. The van der Waals surface area contributed by atoms with Crippen LogP contribution in [0.4, 0.5) is 10.1 Å². The monoisotopic (exact) mass is 630 g/mol. The average molecular weight is 633 g/mol. The van der Waals surface area contributed by atoms with Crippen molar-refractivity contribution in [3.63, 3.8) is 0 Å². The largest absolute Gasteiger partial charge is 0.344 e. The summed E-state index contributed by atoms with van der Waals surface area (Å²) in [7, 11) is 1.58. The van der Waals surface area contributed by atoms with Crippen LogP contribution in [0.5, 0.6) is 0 Å². The Bertz CT molecular complexity index is 1290. The normalized spacial score (nSPS) is 10.7. The number of hydrogen-bond donors (Lipinski definition) is 2. The van der Waals surface area contributed by atoms with Crippen molar-refractivity contribution in [2.45, 2.75) is 6.92 Å². The number of rotatable bonds is 8. The second kappa shape index (κ2) is 11.7. The molecule has 184 valence electrons. The zero-order chi connectivity index (χ0) is 25.7. The zero-order valence-electron chi connectivity index (χ0n) is 18.3. The number of nitrogens with one attached hydrogen (secondary N) is 2. The Morgan fingerprint density at radius 2 is 1.97 bits per heavy atom. The first-order chi connectivity index (χ1) is 16.6. The first kappa shape index (κ1) is 26.7. The minimum atomic E-state index is -0.880. The first-order valence-corrected chi connectivity index (χ1v) is 11.9. The molecule has 0 atom stereocenters. The number of likely N-dealkylation sites (N-methyl/N-ethyl adjacent to an activating group) is 1. The second-order valence-electron chi connectivity index (χ2n) is 6.97. The highest BCUT2D eigenvalue weighted by atomic mass is 79.9. The van der Waals surface area contributed by atoms with E-state index >= 15 is 0 Å². The quantitative estimate of drug-likeness (QED) is 0.363. The number of carbonyl (C=O) groups excluding carboxylic acids is 3. The number of benzene rings is 1. The molecule has 0 fully saturated rings. The highest BCUT2D eigenvalue weighted by Crippen LogP contribution is 2.29. The molecule has 35 heavy (non-hydrogen) atoms. The fourth-order valence-electron chi connectivity index (χ4n) is 2.77. The third kappa shape index (κ3) is 6.42. The summed E-state index contributed by atoms with van der Waals surface area (Å²) in [6.45, 7) is 1.81. The molecule has 0 saturated carbocycles. The molecule has 0 unspecified atom stereocenters. The van der Waals surface area contributed by atoms with Gasteiger partial charge in [-0.05, 0) is 63.0 Å². The van der Waals surface area contributed by atoms with E-state index < -0.39 is 24.2 Å². The van der Waals surface area contributed by atoms with Gasteiger partial charge in [0.2, 0.25) is 0 Å². The minimum Gasteiger partial charge on any atom is -0.344 e. The van der Waals surface area contributed by atoms with E-state index in [2.05, 4.69) is 52.7 Å². The zero-order valence-corrected chi connectivity index (χ0v) is 22.2. The van der Waals surface area contributed by atoms with Gasteiger partial charge in [-0.1, -0.05) is 11.6 Å². The number of anilines is 1. The summed E-state index contributed by atoms with van der Waals surface area (Å²) in [5, 5.41) is 7.02. The van der Waals surface area contributed by atoms with Crippen molar-refractivity contribution in [3.8, 4) is 5.82 Å². The molecule has 2 N–H and O–H groups in total. The molecule has 0 aliphatic heterocycles. The van der Waals surface area contributed by atoms with Gasteiger partial charge in [-0.15, -0.1) is 0 Å². The molecule has 1 aromatic carbocycles. The number of hydrogen-bond acceptors (Lipinski definition) is 6. The number of hydroxylamine groups is 1. The number of amides is 3. The minimum absolute atomic E-state index is 0.0320. The Hall–Kier alpha value is -2.87. The SMILES string of the molecule is CCN(C)C(=O)CONC(=O)c1cc(F)cc(Br)c1NC(=O)c1cc(Br)nn1-c1ncccc1Cl. The molecule has 0 radical (unpaired) electrons. The van der Waals surface area contributed by atoms with Crippen LogP contribution in [-0.2, 0) is 9.63 Å².